The maximum absolute atomic E-state index is 12.4. The lowest BCUT2D eigenvalue weighted by molar-refractivity contribution is -0.159. The molecule has 2 rings (SSSR count). The molecule has 1 aromatic carbocycles. The van der Waals surface area contributed by atoms with Crippen molar-refractivity contribution in [3.05, 3.63) is 23.8 Å². The van der Waals surface area contributed by atoms with Gasteiger partial charge in [-0.25, -0.2) is 0 Å². The molecule has 5 nitrogen and oxygen atoms in total. The molecule has 1 atom stereocenters. The van der Waals surface area contributed by atoms with Gasteiger partial charge >= 0.3 is 6.18 Å². The Morgan fingerprint density at radius 1 is 1.43 bits per heavy atom. The maximum atomic E-state index is 12.4. The normalized spacial score (nSPS) is 18.2. The molecule has 0 unspecified atom stereocenters. The van der Waals surface area contributed by atoms with E-state index in [0.717, 1.165) is 10.5 Å². The summed E-state index contributed by atoms with van der Waals surface area (Å²) in [6.07, 6.45) is -5.25. The van der Waals surface area contributed by atoms with Crippen molar-refractivity contribution < 1.29 is 27.5 Å². The third-order valence-electron chi connectivity index (χ3n) is 3.34. The van der Waals surface area contributed by atoms with Crippen molar-refractivity contribution >= 4 is 17.5 Å². The molecule has 1 saturated heterocycles. The number of aryl methyl sites for hydroxylation is 1. The van der Waals surface area contributed by atoms with Gasteiger partial charge in [0.25, 0.3) is 5.91 Å². The first kappa shape index (κ1) is 17.1. The molecule has 1 fully saturated rings. The number of nitrogens with one attached hydrogen (secondary N) is 1. The van der Waals surface area contributed by atoms with Crippen LogP contribution in [0.2, 0.25) is 0 Å². The van der Waals surface area contributed by atoms with Gasteiger partial charge in [0.15, 0.2) is 6.10 Å². The topological polar surface area (TPSA) is 58.6 Å². The number of carbonyl (C=O) groups is 2. The molecule has 1 N–H and O–H groups in total. The molecule has 0 spiro atoms. The Kier molecular flexibility index (Phi) is 4.82. The van der Waals surface area contributed by atoms with Crippen LogP contribution in [0.5, 0.6) is 5.75 Å². The number of halogens is 3. The van der Waals surface area contributed by atoms with Crippen LogP contribution in [0.1, 0.15) is 18.9 Å². The summed E-state index contributed by atoms with van der Waals surface area (Å²) in [5.74, 6) is -0.736. The second-order valence-electron chi connectivity index (χ2n) is 5.45. The molecule has 1 aliphatic heterocycles. The molecule has 126 valence electrons. The van der Waals surface area contributed by atoms with Crippen LogP contribution in [0, 0.1) is 6.92 Å². The monoisotopic (exact) mass is 330 g/mol. The fourth-order valence-corrected chi connectivity index (χ4v) is 2.37. The minimum absolute atomic E-state index is 0.00963. The molecule has 1 heterocycles. The fourth-order valence-electron chi connectivity index (χ4n) is 2.37. The predicted octanol–water partition coefficient (Wildman–Crippen LogP) is 2.50. The lowest BCUT2D eigenvalue weighted by Crippen LogP contribution is -2.38. The molecule has 1 aliphatic rings. The van der Waals surface area contributed by atoms with Gasteiger partial charge in [-0.1, -0.05) is 6.07 Å². The van der Waals surface area contributed by atoms with E-state index in [1.54, 1.807) is 25.1 Å². The Bertz CT molecular complexity index is 616. The number of nitrogens with zero attached hydrogens (tertiary/aromatic N) is 1. The Morgan fingerprint density at radius 3 is 2.74 bits per heavy atom. The number of rotatable bonds is 4. The standard InChI is InChI=1S/C15H17F3N2O3/c1-9-3-4-11(19-10(2)21)13(7-9)23-12-5-6-20(14(12)22)8-15(16,17)18/h3-4,7,12H,5-6,8H2,1-2H3,(H,19,21)/t12-/m0/s1. The van der Waals surface area contributed by atoms with Gasteiger partial charge in [0.1, 0.15) is 12.3 Å². The van der Waals surface area contributed by atoms with Gasteiger partial charge in [0.2, 0.25) is 5.91 Å². The number of hydrogen-bond acceptors (Lipinski definition) is 3. The largest absolute Gasteiger partial charge is 0.478 e. The quantitative estimate of drug-likeness (QED) is 0.923. The smallest absolute Gasteiger partial charge is 0.406 e. The highest BCUT2D eigenvalue weighted by Gasteiger charge is 2.40. The lowest BCUT2D eigenvalue weighted by atomic mass is 10.2. The van der Waals surface area contributed by atoms with Gasteiger partial charge in [-0.3, -0.25) is 9.59 Å². The zero-order valence-electron chi connectivity index (χ0n) is 12.7. The van der Waals surface area contributed by atoms with Crippen LogP contribution >= 0.6 is 0 Å². The van der Waals surface area contributed by atoms with Crippen molar-refractivity contribution in [2.45, 2.75) is 32.5 Å². The van der Waals surface area contributed by atoms with Crippen LogP contribution in [0.25, 0.3) is 0 Å². The SMILES string of the molecule is CC(=O)Nc1ccc(C)cc1O[C@H]1CCN(CC(F)(F)F)C1=O. The number of alkyl halides is 3. The zero-order chi connectivity index (χ0) is 17.2. The highest BCUT2D eigenvalue weighted by Crippen LogP contribution is 2.30. The summed E-state index contributed by atoms with van der Waals surface area (Å²) in [4.78, 5) is 23.9. The number of carbonyl (C=O) groups excluding carboxylic acids is 2. The molecular formula is C15H17F3N2O3. The number of ether oxygens (including phenoxy) is 1. The lowest BCUT2D eigenvalue weighted by Gasteiger charge is -2.19. The molecule has 23 heavy (non-hydrogen) atoms. The van der Waals surface area contributed by atoms with E-state index in [-0.39, 0.29) is 24.6 Å². The van der Waals surface area contributed by atoms with E-state index in [1.807, 2.05) is 0 Å². The van der Waals surface area contributed by atoms with Crippen molar-refractivity contribution in [3.63, 3.8) is 0 Å². The Balaban J connectivity index is 2.12. The molecule has 0 bridgehead atoms. The molecule has 8 heteroatoms. The van der Waals surface area contributed by atoms with E-state index in [9.17, 15) is 22.8 Å². The number of amides is 2. The van der Waals surface area contributed by atoms with Crippen LogP contribution in [0.4, 0.5) is 18.9 Å². The number of anilines is 1. The van der Waals surface area contributed by atoms with Gasteiger partial charge in [-0.2, -0.15) is 13.2 Å². The van der Waals surface area contributed by atoms with Gasteiger partial charge in [-0.05, 0) is 24.6 Å². The van der Waals surface area contributed by atoms with Crippen LogP contribution in [0.15, 0.2) is 18.2 Å². The molecule has 0 radical (unpaired) electrons. The van der Waals surface area contributed by atoms with Gasteiger partial charge in [0.05, 0.1) is 5.69 Å². The summed E-state index contributed by atoms with van der Waals surface area (Å²) >= 11 is 0. The zero-order valence-corrected chi connectivity index (χ0v) is 12.7. The summed E-state index contributed by atoms with van der Waals surface area (Å²) in [5.41, 5.74) is 1.22. The first-order valence-corrected chi connectivity index (χ1v) is 7.06. The number of likely N-dealkylation sites (tertiary alicyclic amines) is 1. The van der Waals surface area contributed by atoms with E-state index in [4.69, 9.17) is 4.74 Å². The second kappa shape index (κ2) is 6.47. The molecule has 0 aliphatic carbocycles. The molecular weight excluding hydrogens is 313 g/mol. The van der Waals surface area contributed by atoms with Gasteiger partial charge < -0.3 is 15.0 Å². The van der Waals surface area contributed by atoms with Crippen molar-refractivity contribution in [1.82, 2.24) is 4.90 Å². The van der Waals surface area contributed by atoms with Crippen LogP contribution in [-0.4, -0.2) is 42.1 Å². The fraction of sp³-hybridized carbons (Fsp3) is 0.467. The second-order valence-corrected chi connectivity index (χ2v) is 5.45. The molecule has 2 amide bonds. The average molecular weight is 330 g/mol. The van der Waals surface area contributed by atoms with E-state index in [2.05, 4.69) is 5.32 Å². The highest BCUT2D eigenvalue weighted by molar-refractivity contribution is 5.90. The summed E-state index contributed by atoms with van der Waals surface area (Å²) < 4.78 is 42.8. The van der Waals surface area contributed by atoms with E-state index in [0.29, 0.717) is 5.69 Å². The maximum Gasteiger partial charge on any atom is 0.406 e. The minimum Gasteiger partial charge on any atom is -0.478 e. The summed E-state index contributed by atoms with van der Waals surface area (Å²) in [6.45, 7) is 1.84. The Hall–Kier alpha value is -2.25. The van der Waals surface area contributed by atoms with E-state index < -0.39 is 24.7 Å². The van der Waals surface area contributed by atoms with Crippen molar-refractivity contribution in [1.29, 1.82) is 0 Å². The summed E-state index contributed by atoms with van der Waals surface area (Å²) in [7, 11) is 0. The summed E-state index contributed by atoms with van der Waals surface area (Å²) in [6, 6.07) is 5.01. The van der Waals surface area contributed by atoms with Crippen molar-refractivity contribution in [2.24, 2.45) is 0 Å². The molecule has 0 saturated carbocycles. The van der Waals surface area contributed by atoms with Crippen LogP contribution in [-0.2, 0) is 9.59 Å². The van der Waals surface area contributed by atoms with E-state index in [1.165, 1.54) is 6.92 Å². The summed E-state index contributed by atoms with van der Waals surface area (Å²) in [5, 5.41) is 2.57. The average Bonchev–Trinajstić information content (AvgIpc) is 2.72. The van der Waals surface area contributed by atoms with Crippen LogP contribution in [0.3, 0.4) is 0 Å². The number of hydrogen-bond donors (Lipinski definition) is 1. The van der Waals surface area contributed by atoms with Gasteiger partial charge in [0, 0.05) is 19.9 Å². The Labute approximate surface area is 131 Å². The van der Waals surface area contributed by atoms with Crippen molar-refractivity contribution in [3.8, 4) is 5.75 Å². The van der Waals surface area contributed by atoms with Crippen LogP contribution < -0.4 is 10.1 Å². The number of benzene rings is 1. The predicted molar refractivity (Wildman–Crippen MR) is 77.2 cm³/mol. The van der Waals surface area contributed by atoms with Crippen molar-refractivity contribution in [2.75, 3.05) is 18.4 Å². The van der Waals surface area contributed by atoms with Gasteiger partial charge in [-0.15, -0.1) is 0 Å². The Morgan fingerprint density at radius 2 is 2.13 bits per heavy atom. The minimum atomic E-state index is -4.44. The third kappa shape index (κ3) is 4.61. The molecule has 1 aromatic rings. The first-order valence-electron chi connectivity index (χ1n) is 7.06. The first-order chi connectivity index (χ1) is 10.7. The van der Waals surface area contributed by atoms with E-state index >= 15 is 0 Å². The highest BCUT2D eigenvalue weighted by atomic mass is 19.4. The molecule has 0 aromatic heterocycles. The third-order valence-corrected chi connectivity index (χ3v) is 3.34.